The maximum absolute atomic E-state index is 13.2. The fraction of sp³-hybridized carbons (Fsp3) is 0.417. The Morgan fingerprint density at radius 3 is 2.38 bits per heavy atom. The Labute approximate surface area is 203 Å². The van der Waals surface area contributed by atoms with Crippen LogP contribution in [0, 0.1) is 0 Å². The van der Waals surface area contributed by atoms with Crippen LogP contribution in [0.25, 0.3) is 0 Å². The Balaban J connectivity index is 2.23. The van der Waals surface area contributed by atoms with Crippen molar-refractivity contribution in [2.75, 3.05) is 13.7 Å². The Hall–Kier alpha value is -2.25. The molecule has 8 heteroatoms. The van der Waals surface area contributed by atoms with Gasteiger partial charge in [-0.2, -0.15) is 0 Å². The molecule has 6 nitrogen and oxygen atoms in total. The van der Waals surface area contributed by atoms with Gasteiger partial charge < -0.3 is 19.7 Å². The largest absolute Gasteiger partial charge is 0.497 e. The third kappa shape index (κ3) is 7.41. The van der Waals surface area contributed by atoms with Crippen LogP contribution >= 0.6 is 27.5 Å². The van der Waals surface area contributed by atoms with Crippen molar-refractivity contribution in [3.63, 3.8) is 0 Å². The molecule has 2 amide bonds. The maximum Gasteiger partial charge on any atom is 0.261 e. The van der Waals surface area contributed by atoms with Crippen LogP contribution in [0.3, 0.4) is 0 Å². The average molecular weight is 526 g/mol. The van der Waals surface area contributed by atoms with Gasteiger partial charge in [0.1, 0.15) is 17.5 Å². The van der Waals surface area contributed by atoms with Gasteiger partial charge in [-0.1, -0.05) is 37.6 Å². The van der Waals surface area contributed by atoms with Crippen LogP contribution in [0.4, 0.5) is 0 Å². The van der Waals surface area contributed by atoms with Crippen LogP contribution in [0.15, 0.2) is 46.9 Å². The summed E-state index contributed by atoms with van der Waals surface area (Å²) in [6.07, 6.45) is 1.29. The molecule has 0 heterocycles. The molecule has 0 spiro atoms. The lowest BCUT2D eigenvalue weighted by Gasteiger charge is -2.31. The highest BCUT2D eigenvalue weighted by atomic mass is 79.9. The lowest BCUT2D eigenvalue weighted by Crippen LogP contribution is -2.51. The summed E-state index contributed by atoms with van der Waals surface area (Å²) in [5.41, 5.74) is 0.890. The Kier molecular flexibility index (Phi) is 10.3. The number of halogens is 2. The van der Waals surface area contributed by atoms with Crippen molar-refractivity contribution < 1.29 is 19.1 Å². The zero-order valence-electron chi connectivity index (χ0n) is 18.9. The second-order valence-electron chi connectivity index (χ2n) is 7.48. The molecule has 0 fully saturated rings. The number of nitrogens with zero attached hydrogens (tertiary/aromatic N) is 1. The topological polar surface area (TPSA) is 67.9 Å². The van der Waals surface area contributed by atoms with Crippen molar-refractivity contribution in [2.24, 2.45) is 0 Å². The third-order valence-corrected chi connectivity index (χ3v) is 6.00. The van der Waals surface area contributed by atoms with E-state index in [9.17, 15) is 9.59 Å². The predicted octanol–water partition coefficient (Wildman–Crippen LogP) is 5.21. The number of ether oxygens (including phenoxy) is 2. The number of carbonyl (C=O) groups is 2. The van der Waals surface area contributed by atoms with Crippen molar-refractivity contribution in [2.45, 2.75) is 52.2 Å². The summed E-state index contributed by atoms with van der Waals surface area (Å²) in [7, 11) is 1.60. The maximum atomic E-state index is 13.2. The van der Waals surface area contributed by atoms with Gasteiger partial charge in [-0.05, 0) is 71.6 Å². The van der Waals surface area contributed by atoms with Crippen LogP contribution in [0.5, 0.6) is 11.5 Å². The molecule has 0 unspecified atom stereocenters. The quantitative estimate of drug-likeness (QED) is 0.437. The molecule has 0 saturated heterocycles. The lowest BCUT2D eigenvalue weighted by molar-refractivity contribution is -0.143. The second-order valence-corrected chi connectivity index (χ2v) is 8.77. The van der Waals surface area contributed by atoms with Crippen LogP contribution in [-0.2, 0) is 16.1 Å². The monoisotopic (exact) mass is 524 g/mol. The summed E-state index contributed by atoms with van der Waals surface area (Å²) >= 11 is 9.37. The number of nitrogens with one attached hydrogen (secondary N) is 1. The van der Waals surface area contributed by atoms with E-state index in [1.165, 1.54) is 0 Å². The van der Waals surface area contributed by atoms with E-state index >= 15 is 0 Å². The minimum absolute atomic E-state index is 0.0239. The summed E-state index contributed by atoms with van der Waals surface area (Å²) in [6.45, 7) is 5.92. The van der Waals surface area contributed by atoms with Gasteiger partial charge in [0, 0.05) is 17.6 Å². The fourth-order valence-electron chi connectivity index (χ4n) is 3.10. The fourth-order valence-corrected chi connectivity index (χ4v) is 3.90. The van der Waals surface area contributed by atoms with Crippen LogP contribution < -0.4 is 14.8 Å². The van der Waals surface area contributed by atoms with Crippen molar-refractivity contribution >= 4 is 39.3 Å². The standard InChI is InChI=1S/C24H30BrClN2O4/c1-5-16(3)27-24(30)21(6-2)28(14-17-7-10-19(31-4)11-8-17)23(29)15-32-22-12-9-18(26)13-20(22)25/h7-13,16,21H,5-6,14-15H2,1-4H3,(H,27,30)/t16-,21-/m1/s1. The van der Waals surface area contributed by atoms with E-state index in [4.69, 9.17) is 21.1 Å². The highest BCUT2D eigenvalue weighted by molar-refractivity contribution is 9.10. The Morgan fingerprint density at radius 2 is 1.81 bits per heavy atom. The van der Waals surface area contributed by atoms with Crippen LogP contribution in [0.2, 0.25) is 5.02 Å². The zero-order valence-corrected chi connectivity index (χ0v) is 21.2. The van der Waals surface area contributed by atoms with E-state index in [1.807, 2.05) is 45.0 Å². The molecule has 174 valence electrons. The first-order valence-corrected chi connectivity index (χ1v) is 11.8. The molecule has 2 aromatic rings. The minimum atomic E-state index is -0.615. The summed E-state index contributed by atoms with van der Waals surface area (Å²) < 4.78 is 11.6. The van der Waals surface area contributed by atoms with E-state index in [1.54, 1.807) is 30.2 Å². The highest BCUT2D eigenvalue weighted by Crippen LogP contribution is 2.28. The molecule has 0 aromatic heterocycles. The van der Waals surface area contributed by atoms with Crippen molar-refractivity contribution in [3.05, 3.63) is 57.5 Å². The molecule has 2 rings (SSSR count). The molecule has 0 saturated carbocycles. The summed E-state index contributed by atoms with van der Waals surface area (Å²) in [6, 6.07) is 11.9. The van der Waals surface area contributed by atoms with Crippen molar-refractivity contribution in [1.29, 1.82) is 0 Å². The van der Waals surface area contributed by atoms with Gasteiger partial charge in [-0.25, -0.2) is 0 Å². The van der Waals surface area contributed by atoms with Gasteiger partial charge in [0.25, 0.3) is 5.91 Å². The SMILES string of the molecule is CC[C@@H](C)NC(=O)[C@@H](CC)N(Cc1ccc(OC)cc1)C(=O)COc1ccc(Cl)cc1Br. The summed E-state index contributed by atoms with van der Waals surface area (Å²) in [4.78, 5) is 27.8. The highest BCUT2D eigenvalue weighted by Gasteiger charge is 2.29. The molecular weight excluding hydrogens is 496 g/mol. The van der Waals surface area contributed by atoms with E-state index in [0.29, 0.717) is 21.7 Å². The van der Waals surface area contributed by atoms with Crippen molar-refractivity contribution in [1.82, 2.24) is 10.2 Å². The van der Waals surface area contributed by atoms with Gasteiger partial charge in [-0.3, -0.25) is 9.59 Å². The Morgan fingerprint density at radius 1 is 1.12 bits per heavy atom. The van der Waals surface area contributed by atoms with Crippen molar-refractivity contribution in [3.8, 4) is 11.5 Å². The smallest absolute Gasteiger partial charge is 0.261 e. The number of carbonyl (C=O) groups excluding carboxylic acids is 2. The average Bonchev–Trinajstić information content (AvgIpc) is 2.78. The number of methoxy groups -OCH3 is 1. The molecule has 1 N–H and O–H groups in total. The first kappa shape index (κ1) is 26.0. The van der Waals surface area contributed by atoms with Gasteiger partial charge in [-0.15, -0.1) is 0 Å². The van der Waals surface area contributed by atoms with Crippen LogP contribution in [0.1, 0.15) is 39.2 Å². The van der Waals surface area contributed by atoms with E-state index < -0.39 is 6.04 Å². The van der Waals surface area contributed by atoms with E-state index in [-0.39, 0.29) is 31.0 Å². The summed E-state index contributed by atoms with van der Waals surface area (Å²) in [5, 5.41) is 3.55. The first-order valence-electron chi connectivity index (χ1n) is 10.6. The van der Waals surface area contributed by atoms with Gasteiger partial charge in [0.15, 0.2) is 6.61 Å². The summed E-state index contributed by atoms with van der Waals surface area (Å²) in [5.74, 6) is 0.776. The lowest BCUT2D eigenvalue weighted by atomic mass is 10.1. The molecular formula is C24H30BrClN2O4. The Bertz CT molecular complexity index is 907. The van der Waals surface area contributed by atoms with E-state index in [0.717, 1.165) is 17.7 Å². The number of amides is 2. The molecule has 0 aliphatic rings. The normalized spacial score (nSPS) is 12.6. The first-order chi connectivity index (χ1) is 15.3. The van der Waals surface area contributed by atoms with E-state index in [2.05, 4.69) is 21.2 Å². The molecule has 2 aromatic carbocycles. The number of hydrogen-bond acceptors (Lipinski definition) is 4. The third-order valence-electron chi connectivity index (χ3n) is 5.14. The molecule has 0 aliphatic heterocycles. The second kappa shape index (κ2) is 12.7. The number of hydrogen-bond donors (Lipinski definition) is 1. The van der Waals surface area contributed by atoms with Gasteiger partial charge in [0.2, 0.25) is 5.91 Å². The minimum Gasteiger partial charge on any atom is -0.497 e. The number of benzene rings is 2. The molecule has 32 heavy (non-hydrogen) atoms. The molecule has 0 bridgehead atoms. The zero-order chi connectivity index (χ0) is 23.7. The van der Waals surface area contributed by atoms with Crippen LogP contribution in [-0.4, -0.2) is 42.5 Å². The molecule has 2 atom stereocenters. The molecule has 0 aliphatic carbocycles. The predicted molar refractivity (Wildman–Crippen MR) is 130 cm³/mol. The number of rotatable bonds is 11. The van der Waals surface area contributed by atoms with Gasteiger partial charge >= 0.3 is 0 Å². The molecule has 0 radical (unpaired) electrons. The van der Waals surface area contributed by atoms with Gasteiger partial charge in [0.05, 0.1) is 11.6 Å².